The Kier molecular flexibility index (Phi) is 8.48. The van der Waals surface area contributed by atoms with Gasteiger partial charge in [0.05, 0.1) is 22.1 Å². The first kappa shape index (κ1) is 24.0. The lowest BCUT2D eigenvalue weighted by Crippen LogP contribution is -2.29. The predicted molar refractivity (Wildman–Crippen MR) is 122 cm³/mol. The van der Waals surface area contributed by atoms with Gasteiger partial charge in [-0.05, 0) is 42.7 Å². The first-order valence-corrected chi connectivity index (χ1v) is 12.8. The molecule has 0 radical (unpaired) electrons. The second-order valence-corrected chi connectivity index (χ2v) is 10.1. The summed E-state index contributed by atoms with van der Waals surface area (Å²) in [5.41, 5.74) is 0.950. The molecular formula is C21H25N3O6S2. The van der Waals surface area contributed by atoms with Gasteiger partial charge in [0.25, 0.3) is 5.69 Å². The van der Waals surface area contributed by atoms with Gasteiger partial charge < -0.3 is 10.1 Å². The molecule has 9 nitrogen and oxygen atoms in total. The fraction of sp³-hybridized carbons (Fsp3) is 0.381. The quantitative estimate of drug-likeness (QED) is 0.299. The number of rotatable bonds is 11. The topological polar surface area (TPSA) is 119 Å². The number of nitrogens with zero attached hydrogens (tertiary/aromatic N) is 2. The molecule has 0 spiro atoms. The van der Waals surface area contributed by atoms with Crippen LogP contribution in [0.3, 0.4) is 0 Å². The van der Waals surface area contributed by atoms with E-state index in [-0.39, 0.29) is 28.8 Å². The zero-order valence-electron chi connectivity index (χ0n) is 17.4. The highest BCUT2D eigenvalue weighted by atomic mass is 32.2. The Hall–Kier alpha value is -2.63. The molecule has 2 aromatic carbocycles. The number of benzene rings is 2. The maximum absolute atomic E-state index is 12.5. The minimum absolute atomic E-state index is 0.0411. The lowest BCUT2D eigenvalue weighted by Gasteiger charge is -2.15. The molecule has 3 rings (SSSR count). The number of amides is 1. The largest absolute Gasteiger partial charge is 0.492 e. The van der Waals surface area contributed by atoms with Crippen LogP contribution in [0.5, 0.6) is 5.75 Å². The number of sulfonamides is 1. The van der Waals surface area contributed by atoms with Crippen molar-refractivity contribution in [2.24, 2.45) is 0 Å². The summed E-state index contributed by atoms with van der Waals surface area (Å²) in [5, 5.41) is 13.4. The fourth-order valence-corrected chi connectivity index (χ4v) is 5.51. The van der Waals surface area contributed by atoms with Gasteiger partial charge in [-0.15, -0.1) is 11.8 Å². The number of nitro benzene ring substituents is 1. The van der Waals surface area contributed by atoms with E-state index >= 15 is 0 Å². The van der Waals surface area contributed by atoms with Crippen LogP contribution in [0.25, 0.3) is 0 Å². The van der Waals surface area contributed by atoms with Gasteiger partial charge in [-0.25, -0.2) is 8.42 Å². The molecule has 1 aliphatic rings. The van der Waals surface area contributed by atoms with Crippen LogP contribution in [-0.2, 0) is 20.6 Å². The van der Waals surface area contributed by atoms with Crippen LogP contribution >= 0.6 is 11.8 Å². The lowest BCUT2D eigenvalue weighted by molar-refractivity contribution is -0.384. The molecule has 2 aromatic rings. The molecule has 32 heavy (non-hydrogen) atoms. The van der Waals surface area contributed by atoms with Crippen molar-refractivity contribution in [3.05, 3.63) is 64.2 Å². The maximum Gasteiger partial charge on any atom is 0.269 e. The van der Waals surface area contributed by atoms with E-state index in [2.05, 4.69) is 5.32 Å². The molecule has 1 N–H and O–H groups in total. The van der Waals surface area contributed by atoms with Gasteiger partial charge in [0, 0.05) is 31.0 Å². The molecule has 1 aliphatic heterocycles. The van der Waals surface area contributed by atoms with Crippen LogP contribution < -0.4 is 10.1 Å². The number of nitro groups is 1. The van der Waals surface area contributed by atoms with Crippen molar-refractivity contribution in [3.8, 4) is 5.75 Å². The van der Waals surface area contributed by atoms with Gasteiger partial charge in [-0.2, -0.15) is 4.31 Å². The standard InChI is InChI=1S/C21H25N3O6S2/c25-21(16-31-15-17-3-5-18(6-4-17)24(26)27)22-11-14-30-19-7-9-20(10-8-19)32(28,29)23-12-1-2-13-23/h3-10H,1-2,11-16H2,(H,22,25). The van der Waals surface area contributed by atoms with Crippen LogP contribution in [-0.4, -0.2) is 55.5 Å². The minimum atomic E-state index is -3.44. The Labute approximate surface area is 191 Å². The number of hydrogen-bond acceptors (Lipinski definition) is 7. The zero-order valence-corrected chi connectivity index (χ0v) is 19.1. The van der Waals surface area contributed by atoms with Crippen molar-refractivity contribution in [2.75, 3.05) is 32.0 Å². The van der Waals surface area contributed by atoms with Crippen molar-refractivity contribution >= 4 is 33.4 Å². The highest BCUT2D eigenvalue weighted by molar-refractivity contribution is 7.99. The Morgan fingerprint density at radius 1 is 1.09 bits per heavy atom. The Morgan fingerprint density at radius 2 is 1.75 bits per heavy atom. The Bertz CT molecular complexity index is 1020. The highest BCUT2D eigenvalue weighted by Crippen LogP contribution is 2.23. The van der Waals surface area contributed by atoms with Gasteiger partial charge in [0.1, 0.15) is 12.4 Å². The van der Waals surface area contributed by atoms with Crippen LogP contribution in [0.4, 0.5) is 5.69 Å². The smallest absolute Gasteiger partial charge is 0.269 e. The number of carbonyl (C=O) groups is 1. The zero-order chi connectivity index (χ0) is 23.0. The first-order valence-electron chi connectivity index (χ1n) is 10.2. The molecule has 1 fully saturated rings. The highest BCUT2D eigenvalue weighted by Gasteiger charge is 2.26. The summed E-state index contributed by atoms with van der Waals surface area (Å²) in [5.74, 6) is 1.24. The van der Waals surface area contributed by atoms with Crippen LogP contribution in [0.15, 0.2) is 53.4 Å². The van der Waals surface area contributed by atoms with E-state index in [1.54, 1.807) is 24.3 Å². The number of carbonyl (C=O) groups excluding carboxylic acids is 1. The van der Waals surface area contributed by atoms with E-state index in [1.165, 1.54) is 40.3 Å². The van der Waals surface area contributed by atoms with Gasteiger partial charge in [-0.3, -0.25) is 14.9 Å². The van der Waals surface area contributed by atoms with Crippen molar-refractivity contribution in [1.82, 2.24) is 9.62 Å². The molecule has 0 aromatic heterocycles. The Morgan fingerprint density at radius 3 is 2.38 bits per heavy atom. The number of hydrogen-bond donors (Lipinski definition) is 1. The summed E-state index contributed by atoms with van der Waals surface area (Å²) in [6, 6.07) is 12.6. The molecular weight excluding hydrogens is 454 g/mol. The van der Waals surface area contributed by atoms with E-state index < -0.39 is 14.9 Å². The average molecular weight is 480 g/mol. The summed E-state index contributed by atoms with van der Waals surface area (Å²) >= 11 is 1.41. The summed E-state index contributed by atoms with van der Waals surface area (Å²) in [6.45, 7) is 1.71. The molecule has 0 atom stereocenters. The molecule has 0 unspecified atom stereocenters. The molecule has 11 heteroatoms. The normalized spacial score (nSPS) is 14.2. The summed E-state index contributed by atoms with van der Waals surface area (Å²) in [6.07, 6.45) is 1.78. The van der Waals surface area contributed by atoms with Crippen LogP contribution in [0, 0.1) is 10.1 Å². The van der Waals surface area contributed by atoms with Gasteiger partial charge >= 0.3 is 0 Å². The van der Waals surface area contributed by atoms with E-state index in [0.717, 1.165) is 18.4 Å². The molecule has 0 saturated carbocycles. The SMILES string of the molecule is O=C(CSCc1ccc([N+](=O)[O-])cc1)NCCOc1ccc(S(=O)(=O)N2CCCC2)cc1. The predicted octanol–water partition coefficient (Wildman–Crippen LogP) is 2.81. The number of non-ortho nitro benzene ring substituents is 1. The van der Waals surface area contributed by atoms with Crippen molar-refractivity contribution < 1.29 is 22.9 Å². The van der Waals surface area contributed by atoms with Crippen molar-refractivity contribution in [1.29, 1.82) is 0 Å². The minimum Gasteiger partial charge on any atom is -0.492 e. The van der Waals surface area contributed by atoms with Gasteiger partial charge in [0.15, 0.2) is 0 Å². The molecule has 0 aliphatic carbocycles. The first-order chi connectivity index (χ1) is 15.4. The van der Waals surface area contributed by atoms with E-state index in [1.807, 2.05) is 0 Å². The van der Waals surface area contributed by atoms with E-state index in [4.69, 9.17) is 4.74 Å². The van der Waals surface area contributed by atoms with Crippen LogP contribution in [0.2, 0.25) is 0 Å². The van der Waals surface area contributed by atoms with Gasteiger partial charge in [-0.1, -0.05) is 12.1 Å². The number of nitrogens with one attached hydrogen (secondary N) is 1. The third-order valence-electron chi connectivity index (χ3n) is 4.87. The molecule has 1 saturated heterocycles. The van der Waals surface area contributed by atoms with Crippen molar-refractivity contribution in [2.45, 2.75) is 23.5 Å². The fourth-order valence-electron chi connectivity index (χ4n) is 3.17. The third kappa shape index (κ3) is 6.68. The van der Waals surface area contributed by atoms with E-state index in [0.29, 0.717) is 31.1 Å². The van der Waals surface area contributed by atoms with Crippen LogP contribution in [0.1, 0.15) is 18.4 Å². The number of ether oxygens (including phenoxy) is 1. The summed E-state index contributed by atoms with van der Waals surface area (Å²) in [7, 11) is -3.44. The molecule has 1 heterocycles. The molecule has 1 amide bonds. The average Bonchev–Trinajstić information content (AvgIpc) is 3.33. The second-order valence-electron chi connectivity index (χ2n) is 7.20. The second kappa shape index (κ2) is 11.3. The Balaban J connectivity index is 1.33. The monoisotopic (exact) mass is 479 g/mol. The third-order valence-corrected chi connectivity index (χ3v) is 7.79. The van der Waals surface area contributed by atoms with Crippen molar-refractivity contribution in [3.63, 3.8) is 0 Å². The van der Waals surface area contributed by atoms with E-state index in [9.17, 15) is 23.3 Å². The number of thioether (sulfide) groups is 1. The molecule has 0 bridgehead atoms. The summed E-state index contributed by atoms with van der Waals surface area (Å²) in [4.78, 5) is 22.4. The van der Waals surface area contributed by atoms with Gasteiger partial charge in [0.2, 0.25) is 15.9 Å². The maximum atomic E-state index is 12.5. The molecule has 172 valence electrons. The summed E-state index contributed by atoms with van der Waals surface area (Å²) < 4.78 is 32.1. The lowest BCUT2D eigenvalue weighted by atomic mass is 10.2.